The van der Waals surface area contributed by atoms with E-state index in [4.69, 9.17) is 4.74 Å². The first-order chi connectivity index (χ1) is 13.4. The summed E-state index contributed by atoms with van der Waals surface area (Å²) in [4.78, 5) is 48.3. The summed E-state index contributed by atoms with van der Waals surface area (Å²) in [7, 11) is 0. The Hall–Kier alpha value is -3.55. The standard InChI is InChI=1S/C20H18N2O6/c1-13-4-2-3-5-17(13)21-11-15(10-19(21)24)20(25)28-12-18(23)14-6-8-16(9-7-14)22(26)27/h2-9,15H,10-12H2,1H3/t15-/m1/s1. The van der Waals surface area contributed by atoms with E-state index in [2.05, 4.69) is 0 Å². The second-order valence-corrected chi connectivity index (χ2v) is 6.53. The molecule has 1 heterocycles. The number of para-hydroxylation sites is 1. The number of rotatable bonds is 6. The van der Waals surface area contributed by atoms with Crippen molar-refractivity contribution in [1.82, 2.24) is 0 Å². The van der Waals surface area contributed by atoms with Gasteiger partial charge in [0.25, 0.3) is 5.69 Å². The van der Waals surface area contributed by atoms with Crippen LogP contribution >= 0.6 is 0 Å². The summed E-state index contributed by atoms with van der Waals surface area (Å²) in [6, 6.07) is 12.4. The largest absolute Gasteiger partial charge is 0.457 e. The third-order valence-corrected chi connectivity index (χ3v) is 4.61. The number of ketones is 1. The molecule has 1 saturated heterocycles. The van der Waals surface area contributed by atoms with E-state index in [1.807, 2.05) is 31.2 Å². The fraction of sp³-hybridized carbons (Fsp3) is 0.250. The van der Waals surface area contributed by atoms with Crippen LogP contribution in [-0.2, 0) is 14.3 Å². The van der Waals surface area contributed by atoms with E-state index in [1.165, 1.54) is 24.3 Å². The lowest BCUT2D eigenvalue weighted by atomic mass is 10.1. The van der Waals surface area contributed by atoms with Crippen LogP contribution in [0, 0.1) is 23.0 Å². The zero-order valence-corrected chi connectivity index (χ0v) is 15.2. The minimum atomic E-state index is -0.642. The van der Waals surface area contributed by atoms with Crippen LogP contribution < -0.4 is 4.90 Å². The molecule has 28 heavy (non-hydrogen) atoms. The molecule has 2 aromatic rings. The molecule has 2 aromatic carbocycles. The summed E-state index contributed by atoms with van der Waals surface area (Å²) in [5, 5.41) is 10.6. The number of anilines is 1. The van der Waals surface area contributed by atoms with Gasteiger partial charge in [-0.1, -0.05) is 18.2 Å². The molecule has 3 rings (SSSR count). The van der Waals surface area contributed by atoms with Gasteiger partial charge >= 0.3 is 5.97 Å². The van der Waals surface area contributed by atoms with Crippen LogP contribution in [0.4, 0.5) is 11.4 Å². The molecule has 1 aliphatic rings. The number of esters is 1. The number of benzene rings is 2. The molecule has 1 amide bonds. The predicted octanol–water partition coefficient (Wildman–Crippen LogP) is 2.68. The average molecular weight is 382 g/mol. The Morgan fingerprint density at radius 3 is 2.50 bits per heavy atom. The van der Waals surface area contributed by atoms with Crippen LogP contribution in [0.3, 0.4) is 0 Å². The van der Waals surface area contributed by atoms with E-state index in [1.54, 1.807) is 4.90 Å². The molecule has 0 aliphatic carbocycles. The van der Waals surface area contributed by atoms with Gasteiger partial charge in [0.2, 0.25) is 5.91 Å². The van der Waals surface area contributed by atoms with Crippen LogP contribution in [-0.4, -0.2) is 35.7 Å². The smallest absolute Gasteiger partial charge is 0.311 e. The van der Waals surface area contributed by atoms with Crippen molar-refractivity contribution in [3.05, 3.63) is 69.8 Å². The van der Waals surface area contributed by atoms with Crippen molar-refractivity contribution in [1.29, 1.82) is 0 Å². The number of hydrogen-bond acceptors (Lipinski definition) is 6. The summed E-state index contributed by atoms with van der Waals surface area (Å²) in [6.07, 6.45) is 0.0267. The first-order valence-electron chi connectivity index (χ1n) is 8.67. The molecule has 8 nitrogen and oxygen atoms in total. The summed E-state index contributed by atoms with van der Waals surface area (Å²) in [5.41, 5.74) is 1.76. The number of non-ortho nitro benzene ring substituents is 1. The fourth-order valence-electron chi connectivity index (χ4n) is 3.07. The van der Waals surface area contributed by atoms with Gasteiger partial charge in [0.05, 0.1) is 10.8 Å². The Bertz CT molecular complexity index is 938. The highest BCUT2D eigenvalue weighted by Crippen LogP contribution is 2.28. The van der Waals surface area contributed by atoms with Crippen molar-refractivity contribution in [2.45, 2.75) is 13.3 Å². The Kier molecular flexibility index (Phi) is 5.49. The Morgan fingerprint density at radius 1 is 1.18 bits per heavy atom. The van der Waals surface area contributed by atoms with Crippen LogP contribution in [0.1, 0.15) is 22.3 Å². The molecule has 0 spiro atoms. The van der Waals surface area contributed by atoms with Crippen LogP contribution in [0.5, 0.6) is 0 Å². The van der Waals surface area contributed by atoms with Gasteiger partial charge in [-0.2, -0.15) is 0 Å². The van der Waals surface area contributed by atoms with Crippen molar-refractivity contribution in [3.8, 4) is 0 Å². The predicted molar refractivity (Wildman–Crippen MR) is 100 cm³/mol. The topological polar surface area (TPSA) is 107 Å². The van der Waals surface area contributed by atoms with Crippen molar-refractivity contribution in [2.75, 3.05) is 18.1 Å². The van der Waals surface area contributed by atoms with Gasteiger partial charge < -0.3 is 9.64 Å². The molecule has 144 valence electrons. The molecule has 0 bridgehead atoms. The zero-order chi connectivity index (χ0) is 20.3. The monoisotopic (exact) mass is 382 g/mol. The number of hydrogen-bond donors (Lipinski definition) is 0. The molecule has 0 aromatic heterocycles. The van der Waals surface area contributed by atoms with Gasteiger partial charge in [-0.25, -0.2) is 0 Å². The SMILES string of the molecule is Cc1ccccc1N1C[C@H](C(=O)OCC(=O)c2ccc([N+](=O)[O-])cc2)CC1=O. The van der Waals surface area contributed by atoms with Crippen LogP contribution in [0.2, 0.25) is 0 Å². The second kappa shape index (κ2) is 7.99. The molecule has 0 N–H and O–H groups in total. The summed E-state index contributed by atoms with van der Waals surface area (Å²) >= 11 is 0. The van der Waals surface area contributed by atoms with E-state index in [9.17, 15) is 24.5 Å². The third kappa shape index (κ3) is 4.06. The summed E-state index contributed by atoms with van der Waals surface area (Å²) in [6.45, 7) is 1.61. The maximum atomic E-state index is 12.3. The molecule has 1 atom stereocenters. The van der Waals surface area contributed by atoms with Crippen molar-refractivity contribution in [3.63, 3.8) is 0 Å². The molecule has 0 unspecified atom stereocenters. The highest BCUT2D eigenvalue weighted by Gasteiger charge is 2.36. The van der Waals surface area contributed by atoms with Gasteiger partial charge in [0, 0.05) is 36.3 Å². The lowest BCUT2D eigenvalue weighted by Crippen LogP contribution is -2.27. The second-order valence-electron chi connectivity index (χ2n) is 6.53. The number of amides is 1. The number of carbonyl (C=O) groups excluding carboxylic acids is 3. The maximum Gasteiger partial charge on any atom is 0.311 e. The van der Waals surface area contributed by atoms with Gasteiger partial charge in [-0.3, -0.25) is 24.5 Å². The maximum absolute atomic E-state index is 12.3. The minimum absolute atomic E-state index is 0.0267. The molecule has 0 saturated carbocycles. The van der Waals surface area contributed by atoms with Gasteiger partial charge in [0.15, 0.2) is 12.4 Å². The number of nitro groups is 1. The molecular formula is C20H18N2O6. The molecular weight excluding hydrogens is 364 g/mol. The van der Waals surface area contributed by atoms with E-state index in [-0.39, 0.29) is 30.1 Å². The van der Waals surface area contributed by atoms with Crippen molar-refractivity contribution < 1.29 is 24.0 Å². The number of carbonyl (C=O) groups is 3. The first kappa shape index (κ1) is 19.2. The van der Waals surface area contributed by atoms with Crippen molar-refractivity contribution in [2.24, 2.45) is 5.92 Å². The number of Topliss-reactive ketones (excluding diaryl/α,β-unsaturated/α-hetero) is 1. The van der Waals surface area contributed by atoms with Gasteiger partial charge in [0.1, 0.15) is 0 Å². The van der Waals surface area contributed by atoms with Gasteiger partial charge in [-0.05, 0) is 30.7 Å². The number of ether oxygens (including phenoxy) is 1. The third-order valence-electron chi connectivity index (χ3n) is 4.61. The van der Waals surface area contributed by atoms with Crippen LogP contribution in [0.15, 0.2) is 48.5 Å². The first-order valence-corrected chi connectivity index (χ1v) is 8.67. The molecule has 1 aliphatic heterocycles. The normalized spacial score (nSPS) is 16.1. The lowest BCUT2D eigenvalue weighted by Gasteiger charge is -2.18. The fourth-order valence-corrected chi connectivity index (χ4v) is 3.07. The molecule has 8 heteroatoms. The van der Waals surface area contributed by atoms with E-state index < -0.39 is 29.2 Å². The molecule has 1 fully saturated rings. The molecule has 0 radical (unpaired) electrons. The van der Waals surface area contributed by atoms with E-state index in [0.29, 0.717) is 0 Å². The Morgan fingerprint density at radius 2 is 1.86 bits per heavy atom. The van der Waals surface area contributed by atoms with Crippen LogP contribution in [0.25, 0.3) is 0 Å². The zero-order valence-electron chi connectivity index (χ0n) is 15.2. The average Bonchev–Trinajstić information content (AvgIpc) is 3.08. The number of nitrogens with zero attached hydrogens (tertiary/aromatic N) is 2. The minimum Gasteiger partial charge on any atom is -0.457 e. The Balaban J connectivity index is 1.58. The Labute approximate surface area is 160 Å². The van der Waals surface area contributed by atoms with Crippen molar-refractivity contribution >= 4 is 29.0 Å². The van der Waals surface area contributed by atoms with E-state index >= 15 is 0 Å². The summed E-state index contributed by atoms with van der Waals surface area (Å²) < 4.78 is 5.08. The summed E-state index contributed by atoms with van der Waals surface area (Å²) in [5.74, 6) is -1.89. The number of nitro benzene ring substituents is 1. The lowest BCUT2D eigenvalue weighted by molar-refractivity contribution is -0.384. The highest BCUT2D eigenvalue weighted by molar-refractivity contribution is 6.01. The van der Waals surface area contributed by atoms with Gasteiger partial charge in [-0.15, -0.1) is 0 Å². The number of aryl methyl sites for hydroxylation is 1. The van der Waals surface area contributed by atoms with E-state index in [0.717, 1.165) is 11.3 Å². The highest BCUT2D eigenvalue weighted by atomic mass is 16.6. The quantitative estimate of drug-likeness (QED) is 0.329.